The van der Waals surface area contributed by atoms with Gasteiger partial charge < -0.3 is 35.8 Å². The predicted molar refractivity (Wildman–Crippen MR) is 174 cm³/mol. The number of aromatic hydroxyl groups is 1. The summed E-state index contributed by atoms with van der Waals surface area (Å²) in [7, 11) is 0. The first-order valence-corrected chi connectivity index (χ1v) is 16.6. The number of carboxylic acids is 2. The van der Waals surface area contributed by atoms with E-state index >= 15 is 0 Å². The van der Waals surface area contributed by atoms with Crippen LogP contribution in [-0.4, -0.2) is 94.2 Å². The molecule has 1 saturated carbocycles. The number of phenolic OH excluding ortho intramolecular Hbond substituents is 1. The number of aliphatic carboxylic acids is 2. The van der Waals surface area contributed by atoms with E-state index in [-0.39, 0.29) is 22.3 Å². The Kier molecular flexibility index (Phi) is 17.3. The Balaban J connectivity index is 0.000000543. The van der Waals surface area contributed by atoms with Gasteiger partial charge in [0.2, 0.25) is 5.91 Å². The van der Waals surface area contributed by atoms with Crippen molar-refractivity contribution in [2.24, 2.45) is 0 Å². The molecule has 0 spiro atoms. The largest absolute Gasteiger partial charge is 0.506 e. The molecular formula is C32H39F7N4O7S. The predicted octanol–water partition coefficient (Wildman–Crippen LogP) is 5.22. The minimum absolute atomic E-state index is 0.0927. The molecule has 51 heavy (non-hydrogen) atoms. The monoisotopic (exact) mass is 756 g/mol. The summed E-state index contributed by atoms with van der Waals surface area (Å²) in [5.74, 6) is -5.46. The fourth-order valence-corrected chi connectivity index (χ4v) is 6.01. The van der Waals surface area contributed by atoms with Crippen LogP contribution in [0.2, 0.25) is 0 Å². The lowest BCUT2D eigenvalue weighted by molar-refractivity contribution is -0.193. The number of thiazole rings is 1. The Bertz CT molecular complexity index is 1600. The van der Waals surface area contributed by atoms with Gasteiger partial charge in [-0.05, 0) is 68.1 Å². The van der Waals surface area contributed by atoms with Gasteiger partial charge in [0.15, 0.2) is 0 Å². The van der Waals surface area contributed by atoms with Crippen molar-refractivity contribution in [1.82, 2.24) is 20.5 Å². The number of nitrogens with zero attached hydrogens (tertiary/aromatic N) is 1. The third kappa shape index (κ3) is 15.7. The number of benzene rings is 2. The van der Waals surface area contributed by atoms with Crippen molar-refractivity contribution in [2.75, 3.05) is 32.7 Å². The van der Waals surface area contributed by atoms with Crippen LogP contribution in [0.15, 0.2) is 41.2 Å². The number of carbonyl (C=O) groups excluding carboxylic acids is 1. The number of amides is 1. The van der Waals surface area contributed by atoms with Crippen molar-refractivity contribution >= 4 is 39.4 Å². The maximum atomic E-state index is 13.3. The molecule has 0 aliphatic heterocycles. The van der Waals surface area contributed by atoms with E-state index in [2.05, 4.69) is 20.5 Å². The summed E-state index contributed by atoms with van der Waals surface area (Å²) in [5, 5.41) is 31.0. The molecule has 1 aliphatic carbocycles. The van der Waals surface area contributed by atoms with Crippen molar-refractivity contribution < 1.29 is 60.4 Å². The van der Waals surface area contributed by atoms with Gasteiger partial charge in [-0.15, -0.1) is 0 Å². The number of hydrogen-bond acceptors (Lipinski definition) is 8. The highest BCUT2D eigenvalue weighted by Gasteiger charge is 2.39. The number of aromatic amines is 1. The summed E-state index contributed by atoms with van der Waals surface area (Å²) in [4.78, 5) is 47.3. The topological polar surface area (TPSA) is 172 Å². The quantitative estimate of drug-likeness (QED) is 0.101. The molecule has 0 unspecified atom stereocenters. The van der Waals surface area contributed by atoms with E-state index in [0.29, 0.717) is 44.2 Å². The summed E-state index contributed by atoms with van der Waals surface area (Å²) >= 11 is 1.12. The highest BCUT2D eigenvalue weighted by molar-refractivity contribution is 7.16. The number of carbonyl (C=O) groups is 3. The number of H-pyrrole nitrogens is 1. The lowest BCUT2D eigenvalue weighted by atomic mass is 9.94. The van der Waals surface area contributed by atoms with E-state index in [1.807, 2.05) is 12.1 Å². The van der Waals surface area contributed by atoms with Crippen molar-refractivity contribution in [3.63, 3.8) is 0 Å². The van der Waals surface area contributed by atoms with Crippen LogP contribution in [0.1, 0.15) is 49.7 Å². The van der Waals surface area contributed by atoms with E-state index in [1.165, 1.54) is 25.3 Å². The fourth-order valence-electron chi connectivity index (χ4n) is 5.11. The van der Waals surface area contributed by atoms with Crippen molar-refractivity contribution in [3.8, 4) is 5.75 Å². The molecule has 1 heterocycles. The molecule has 3 aromatic rings. The van der Waals surface area contributed by atoms with Crippen LogP contribution in [0.4, 0.5) is 30.7 Å². The van der Waals surface area contributed by atoms with Gasteiger partial charge >= 0.3 is 29.2 Å². The van der Waals surface area contributed by atoms with Crippen LogP contribution in [0.25, 0.3) is 10.2 Å². The Labute approximate surface area is 291 Å². The Morgan fingerprint density at radius 2 is 1.45 bits per heavy atom. The Morgan fingerprint density at radius 1 is 0.863 bits per heavy atom. The van der Waals surface area contributed by atoms with E-state index in [1.54, 1.807) is 18.2 Å². The molecule has 19 heteroatoms. The number of alkyl halides is 6. The van der Waals surface area contributed by atoms with Crippen LogP contribution in [0, 0.1) is 5.82 Å². The minimum atomic E-state index is -5.08. The Hall–Kier alpha value is -4.23. The van der Waals surface area contributed by atoms with Crippen molar-refractivity contribution in [2.45, 2.75) is 69.8 Å². The minimum Gasteiger partial charge on any atom is -0.506 e. The second-order valence-corrected chi connectivity index (χ2v) is 12.3. The van der Waals surface area contributed by atoms with Gasteiger partial charge in [0.05, 0.1) is 4.70 Å². The molecule has 0 bridgehead atoms. The van der Waals surface area contributed by atoms with Crippen molar-refractivity contribution in [3.05, 3.63) is 63.0 Å². The van der Waals surface area contributed by atoms with Crippen LogP contribution >= 0.6 is 11.3 Å². The number of nitrogens with one attached hydrogen (secondary N) is 3. The third-order valence-corrected chi connectivity index (χ3v) is 8.51. The van der Waals surface area contributed by atoms with E-state index in [0.717, 1.165) is 59.4 Å². The van der Waals surface area contributed by atoms with E-state index < -0.39 is 24.3 Å². The van der Waals surface area contributed by atoms with Gasteiger partial charge in [0, 0.05) is 32.1 Å². The zero-order chi connectivity index (χ0) is 38.2. The second-order valence-electron chi connectivity index (χ2n) is 11.3. The Morgan fingerprint density at radius 3 is 2.04 bits per heavy atom. The van der Waals surface area contributed by atoms with Gasteiger partial charge in [-0.3, -0.25) is 9.59 Å². The number of aromatic nitrogens is 1. The maximum Gasteiger partial charge on any atom is 0.490 e. The second kappa shape index (κ2) is 20.6. The number of fused-ring (bicyclic) bond motifs is 1. The standard InChI is InChI=1S/C28H37FN4O3S.2C2HF3O2/c29-22-6-4-5-20(19-22)11-14-30-16-13-25(35)33(23-7-2-1-3-8-23)18-17-31-15-12-21-9-10-24(34)26-27(21)37-28(36)32-26;2*3-2(4,5)1(6)7/h4-6,9-10,19,23,30-31,34H,1-3,7-8,11-18H2,(H,32,36);2*(H,6,7). The van der Waals surface area contributed by atoms with Gasteiger partial charge in [0.1, 0.15) is 17.1 Å². The number of rotatable bonds is 13. The number of halogens is 7. The molecule has 1 amide bonds. The van der Waals surface area contributed by atoms with E-state index in [4.69, 9.17) is 19.8 Å². The highest BCUT2D eigenvalue weighted by Crippen LogP contribution is 2.28. The van der Waals surface area contributed by atoms with Crippen molar-refractivity contribution in [1.29, 1.82) is 0 Å². The molecule has 284 valence electrons. The average molecular weight is 757 g/mol. The molecule has 4 rings (SSSR count). The summed E-state index contributed by atoms with van der Waals surface area (Å²) in [6.45, 7) is 3.43. The summed E-state index contributed by atoms with van der Waals surface area (Å²) in [6, 6.07) is 10.4. The summed E-state index contributed by atoms with van der Waals surface area (Å²) in [5.41, 5.74) is 2.48. The molecule has 0 atom stereocenters. The first-order chi connectivity index (χ1) is 23.9. The summed E-state index contributed by atoms with van der Waals surface area (Å²) in [6.07, 6.45) is -2.53. The molecule has 0 saturated heterocycles. The SMILES string of the molecule is O=C(CCNCCc1cccc(F)c1)N(CCNCCc1ccc(O)c2[nH]c(=O)sc12)C1CCCCC1.O=C(O)C(F)(F)F.O=C(O)C(F)(F)F. The van der Waals surface area contributed by atoms with Crippen LogP contribution in [0.5, 0.6) is 5.75 Å². The van der Waals surface area contributed by atoms with Gasteiger partial charge in [-0.2, -0.15) is 26.3 Å². The highest BCUT2D eigenvalue weighted by atomic mass is 32.1. The van der Waals surface area contributed by atoms with Gasteiger partial charge in [0.25, 0.3) is 0 Å². The molecule has 1 aliphatic rings. The van der Waals surface area contributed by atoms with E-state index in [9.17, 15) is 45.4 Å². The van der Waals surface area contributed by atoms with Crippen LogP contribution in [0.3, 0.4) is 0 Å². The first kappa shape index (κ1) is 42.9. The average Bonchev–Trinajstić information content (AvgIpc) is 3.46. The molecule has 0 radical (unpaired) electrons. The third-order valence-electron chi connectivity index (χ3n) is 7.56. The normalized spacial score (nSPS) is 13.5. The lowest BCUT2D eigenvalue weighted by Crippen LogP contribution is -2.45. The lowest BCUT2D eigenvalue weighted by Gasteiger charge is -2.34. The fraction of sp³-hybridized carbons (Fsp3) is 0.500. The number of hydrogen-bond donors (Lipinski definition) is 6. The number of phenols is 1. The van der Waals surface area contributed by atoms with Crippen LogP contribution in [-0.2, 0) is 27.2 Å². The zero-order valence-electron chi connectivity index (χ0n) is 27.2. The molecular weight excluding hydrogens is 717 g/mol. The molecule has 11 nitrogen and oxygen atoms in total. The van der Waals surface area contributed by atoms with Gasteiger partial charge in [-0.1, -0.05) is 48.8 Å². The molecule has 2 aromatic carbocycles. The first-order valence-electron chi connectivity index (χ1n) is 15.8. The molecule has 6 N–H and O–H groups in total. The smallest absolute Gasteiger partial charge is 0.490 e. The number of carboxylic acid groups (broad SMARTS) is 2. The van der Waals surface area contributed by atoms with Crippen LogP contribution < -0.4 is 15.5 Å². The molecule has 1 aromatic heterocycles. The maximum absolute atomic E-state index is 13.3. The zero-order valence-corrected chi connectivity index (χ0v) is 28.0. The summed E-state index contributed by atoms with van der Waals surface area (Å²) < 4.78 is 77.6. The van der Waals surface area contributed by atoms with Gasteiger partial charge in [-0.25, -0.2) is 14.0 Å². The molecule has 1 fully saturated rings.